The van der Waals surface area contributed by atoms with Gasteiger partial charge in [0.05, 0.1) is 24.4 Å². The van der Waals surface area contributed by atoms with E-state index in [1.807, 2.05) is 0 Å². The average molecular weight is 384 g/mol. The van der Waals surface area contributed by atoms with Crippen molar-refractivity contribution in [2.24, 2.45) is 5.29 Å². The minimum atomic E-state index is 0.192. The molecule has 122 valence electrons. The third-order valence-corrected chi connectivity index (χ3v) is 5.51. The van der Waals surface area contributed by atoms with Gasteiger partial charge in [0.25, 0.3) is 0 Å². The molecule has 0 N–H and O–H groups in total. The molecule has 1 atom stereocenters. The number of benzene rings is 2. The van der Waals surface area contributed by atoms with Crippen molar-refractivity contribution in [2.45, 2.75) is 6.04 Å². The van der Waals surface area contributed by atoms with E-state index in [1.54, 1.807) is 5.01 Å². The quantitative estimate of drug-likeness (QED) is 0.725. The highest BCUT2D eigenvalue weighted by atomic mass is 79.9. The number of hydrogen-bond donors (Lipinski definition) is 0. The molecular weight excluding hydrogens is 366 g/mol. The van der Waals surface area contributed by atoms with E-state index in [0.717, 1.165) is 17.6 Å². The van der Waals surface area contributed by atoms with Gasteiger partial charge >= 0.3 is 0 Å². The van der Waals surface area contributed by atoms with Crippen LogP contribution in [-0.2, 0) is 0 Å². The molecule has 1 saturated heterocycles. The van der Waals surface area contributed by atoms with Gasteiger partial charge in [-0.3, -0.25) is 9.91 Å². The van der Waals surface area contributed by atoms with Crippen LogP contribution in [0.4, 0.5) is 0 Å². The van der Waals surface area contributed by atoms with Gasteiger partial charge in [0, 0.05) is 17.6 Å². The third-order valence-electron chi connectivity index (χ3n) is 4.86. The zero-order chi connectivity index (χ0) is 16.5. The molecule has 1 fully saturated rings. The van der Waals surface area contributed by atoms with Gasteiger partial charge in [-0.05, 0) is 28.3 Å². The molecule has 1 aliphatic carbocycles. The van der Waals surface area contributed by atoms with Crippen LogP contribution in [0.15, 0.2) is 53.8 Å². The van der Waals surface area contributed by atoms with Crippen LogP contribution in [0, 0.1) is 4.91 Å². The number of nitroso groups, excluding NO2 is 1. The molecule has 5 heteroatoms. The summed E-state index contributed by atoms with van der Waals surface area (Å²) in [4.78, 5) is 13.2. The smallest absolute Gasteiger partial charge is 0.0615 e. The maximum Gasteiger partial charge on any atom is 0.0615 e. The lowest BCUT2D eigenvalue weighted by atomic mass is 9.92. The van der Waals surface area contributed by atoms with E-state index in [0.29, 0.717) is 13.1 Å². The maximum atomic E-state index is 10.8. The standard InChI is InChI=1S/C19H18BrN3O/c20-18-13-14-5-1-2-6-15(14)19(17-8-4-3-7-16(17)18)22-9-11-23(21-24)12-10-22/h1-8,13,19H,9-12H2/t19-/m0/s1. The van der Waals surface area contributed by atoms with E-state index in [-0.39, 0.29) is 6.04 Å². The van der Waals surface area contributed by atoms with Gasteiger partial charge in [-0.1, -0.05) is 64.5 Å². The van der Waals surface area contributed by atoms with Crippen molar-refractivity contribution in [3.05, 3.63) is 75.7 Å². The highest BCUT2D eigenvalue weighted by molar-refractivity contribution is 9.15. The largest absolute Gasteiger partial charge is 0.289 e. The minimum absolute atomic E-state index is 0.192. The van der Waals surface area contributed by atoms with E-state index >= 15 is 0 Å². The predicted octanol–water partition coefficient (Wildman–Crippen LogP) is 4.28. The van der Waals surface area contributed by atoms with Crippen LogP contribution in [0.5, 0.6) is 0 Å². The summed E-state index contributed by atoms with van der Waals surface area (Å²) in [5, 5.41) is 4.70. The van der Waals surface area contributed by atoms with Crippen LogP contribution in [0.1, 0.15) is 28.3 Å². The molecule has 0 amide bonds. The van der Waals surface area contributed by atoms with Crippen LogP contribution < -0.4 is 0 Å². The number of halogens is 1. The lowest BCUT2D eigenvalue weighted by Gasteiger charge is -2.38. The molecule has 0 bridgehead atoms. The first-order chi connectivity index (χ1) is 11.8. The number of nitrogens with zero attached hydrogens (tertiary/aromatic N) is 3. The molecule has 0 aromatic heterocycles. The van der Waals surface area contributed by atoms with Gasteiger partial charge in [0.1, 0.15) is 0 Å². The van der Waals surface area contributed by atoms with Crippen molar-refractivity contribution in [1.82, 2.24) is 9.91 Å². The van der Waals surface area contributed by atoms with E-state index in [1.165, 1.54) is 22.3 Å². The Morgan fingerprint density at radius 1 is 0.917 bits per heavy atom. The molecule has 4 rings (SSSR count). The third kappa shape index (κ3) is 2.68. The van der Waals surface area contributed by atoms with Gasteiger partial charge in [0.15, 0.2) is 0 Å². The minimum Gasteiger partial charge on any atom is -0.289 e. The Balaban J connectivity index is 1.82. The van der Waals surface area contributed by atoms with Gasteiger partial charge in [-0.25, -0.2) is 0 Å². The normalized spacial score (nSPS) is 20.6. The number of fused-ring (bicyclic) bond motifs is 2. The zero-order valence-corrected chi connectivity index (χ0v) is 14.8. The summed E-state index contributed by atoms with van der Waals surface area (Å²) in [6.07, 6.45) is 2.21. The first-order valence-electron chi connectivity index (χ1n) is 8.15. The van der Waals surface area contributed by atoms with Crippen molar-refractivity contribution in [3.63, 3.8) is 0 Å². The van der Waals surface area contributed by atoms with Crippen LogP contribution in [-0.4, -0.2) is 36.1 Å². The molecule has 1 heterocycles. The summed E-state index contributed by atoms with van der Waals surface area (Å²) in [5.41, 5.74) is 5.08. The van der Waals surface area contributed by atoms with Crippen LogP contribution >= 0.6 is 15.9 Å². The Labute approximate surface area is 149 Å². The second kappa shape index (κ2) is 6.49. The Bertz CT molecular complexity index is 797. The summed E-state index contributed by atoms with van der Waals surface area (Å²) in [5.74, 6) is 0. The average Bonchev–Trinajstić information content (AvgIpc) is 2.76. The number of hydrogen-bond acceptors (Lipinski definition) is 3. The van der Waals surface area contributed by atoms with Crippen molar-refractivity contribution < 1.29 is 0 Å². The topological polar surface area (TPSA) is 35.9 Å². The van der Waals surface area contributed by atoms with E-state index in [4.69, 9.17) is 0 Å². The predicted molar refractivity (Wildman–Crippen MR) is 100 cm³/mol. The molecule has 0 spiro atoms. The molecular formula is C19H18BrN3O. The van der Waals surface area contributed by atoms with Crippen molar-refractivity contribution >= 4 is 26.5 Å². The summed E-state index contributed by atoms with van der Waals surface area (Å²) >= 11 is 3.76. The second-order valence-corrected chi connectivity index (χ2v) is 7.04. The van der Waals surface area contributed by atoms with Crippen LogP contribution in [0.3, 0.4) is 0 Å². The van der Waals surface area contributed by atoms with Crippen LogP contribution in [0.2, 0.25) is 0 Å². The fraction of sp³-hybridized carbons (Fsp3) is 0.263. The molecule has 4 nitrogen and oxygen atoms in total. The Kier molecular flexibility index (Phi) is 4.21. The first-order valence-corrected chi connectivity index (χ1v) is 8.95. The zero-order valence-electron chi connectivity index (χ0n) is 13.2. The first kappa shape index (κ1) is 15.5. The fourth-order valence-corrected chi connectivity index (χ4v) is 4.28. The molecule has 1 aliphatic heterocycles. The molecule has 0 radical (unpaired) electrons. The molecule has 0 saturated carbocycles. The summed E-state index contributed by atoms with van der Waals surface area (Å²) < 4.78 is 1.11. The Hall–Kier alpha value is -1.98. The summed E-state index contributed by atoms with van der Waals surface area (Å²) in [6, 6.07) is 17.3. The highest BCUT2D eigenvalue weighted by Gasteiger charge is 2.30. The Morgan fingerprint density at radius 2 is 1.58 bits per heavy atom. The molecule has 24 heavy (non-hydrogen) atoms. The monoisotopic (exact) mass is 383 g/mol. The lowest BCUT2D eigenvalue weighted by molar-refractivity contribution is 0.111. The van der Waals surface area contributed by atoms with Crippen LogP contribution in [0.25, 0.3) is 10.6 Å². The van der Waals surface area contributed by atoms with Gasteiger partial charge in [0.2, 0.25) is 0 Å². The molecule has 2 aromatic rings. The maximum absolute atomic E-state index is 10.8. The SMILES string of the molecule is O=NN1CCN([C@H]2c3ccccc3C=C(Br)c3ccccc32)CC1. The van der Waals surface area contributed by atoms with Gasteiger partial charge in [-0.2, -0.15) is 0 Å². The number of piperazine rings is 1. The molecule has 2 aromatic carbocycles. The number of rotatable bonds is 2. The van der Waals surface area contributed by atoms with Crippen molar-refractivity contribution in [3.8, 4) is 0 Å². The van der Waals surface area contributed by atoms with Gasteiger partial charge in [-0.15, -0.1) is 4.91 Å². The van der Waals surface area contributed by atoms with E-state index in [9.17, 15) is 4.91 Å². The molecule has 0 unspecified atom stereocenters. The van der Waals surface area contributed by atoms with Gasteiger partial charge < -0.3 is 0 Å². The second-order valence-electron chi connectivity index (χ2n) is 6.18. The Morgan fingerprint density at radius 3 is 2.33 bits per heavy atom. The van der Waals surface area contributed by atoms with E-state index in [2.05, 4.69) is 80.7 Å². The van der Waals surface area contributed by atoms with Crippen molar-refractivity contribution in [1.29, 1.82) is 0 Å². The lowest BCUT2D eigenvalue weighted by Crippen LogP contribution is -2.45. The van der Waals surface area contributed by atoms with E-state index < -0.39 is 0 Å². The summed E-state index contributed by atoms with van der Waals surface area (Å²) in [7, 11) is 0. The fourth-order valence-electron chi connectivity index (χ4n) is 3.67. The summed E-state index contributed by atoms with van der Waals surface area (Å²) in [6.45, 7) is 3.02. The molecule has 2 aliphatic rings. The van der Waals surface area contributed by atoms with Crippen molar-refractivity contribution in [2.75, 3.05) is 26.2 Å². The highest BCUT2D eigenvalue weighted by Crippen LogP contribution is 2.41.